The number of hydrogen-bond donors (Lipinski definition) is 2. The largest absolute Gasteiger partial charge is 0.371 e. The zero-order valence-corrected chi connectivity index (χ0v) is 24.9. The lowest BCUT2D eigenvalue weighted by Crippen LogP contribution is -2.41. The number of amides is 1. The Morgan fingerprint density at radius 2 is 1.95 bits per heavy atom. The van der Waals surface area contributed by atoms with Crippen LogP contribution in [0.1, 0.15) is 32.7 Å². The fourth-order valence-electron chi connectivity index (χ4n) is 5.72. The van der Waals surface area contributed by atoms with E-state index >= 15 is 0 Å². The van der Waals surface area contributed by atoms with Crippen LogP contribution in [-0.4, -0.2) is 48.8 Å². The predicted molar refractivity (Wildman–Crippen MR) is 167 cm³/mol. The van der Waals surface area contributed by atoms with Crippen molar-refractivity contribution in [3.05, 3.63) is 121 Å². The van der Waals surface area contributed by atoms with E-state index in [1.165, 1.54) is 0 Å². The van der Waals surface area contributed by atoms with Gasteiger partial charge in [-0.25, -0.2) is 4.52 Å². The molecule has 0 spiro atoms. The minimum Gasteiger partial charge on any atom is -0.371 e. The molecule has 210 valence electrons. The van der Waals surface area contributed by atoms with Crippen LogP contribution in [0.3, 0.4) is 0 Å². The quantitative estimate of drug-likeness (QED) is 0.255. The summed E-state index contributed by atoms with van der Waals surface area (Å²) < 4.78 is 4.30. The molecule has 4 heterocycles. The third-order valence-corrected chi connectivity index (χ3v) is 9.03. The van der Waals surface area contributed by atoms with Gasteiger partial charge in [-0.05, 0) is 64.3 Å². The van der Waals surface area contributed by atoms with Crippen LogP contribution >= 0.6 is 27.5 Å². The summed E-state index contributed by atoms with van der Waals surface area (Å²) in [5.74, 6) is 0.597. The van der Waals surface area contributed by atoms with Gasteiger partial charge in [-0.15, -0.1) is 0 Å². The molecule has 3 aromatic heterocycles. The van der Waals surface area contributed by atoms with E-state index in [2.05, 4.69) is 43.6 Å². The van der Waals surface area contributed by atoms with Gasteiger partial charge >= 0.3 is 0 Å². The van der Waals surface area contributed by atoms with E-state index in [9.17, 15) is 9.59 Å². The van der Waals surface area contributed by atoms with E-state index in [0.29, 0.717) is 52.6 Å². The monoisotopic (exact) mass is 641 g/mol. The highest BCUT2D eigenvalue weighted by Gasteiger charge is 2.29. The molecular weight excluding hydrogens is 618 g/mol. The number of H-pyrrole nitrogens is 1. The lowest BCUT2D eigenvalue weighted by molar-refractivity contribution is 0.0729. The summed E-state index contributed by atoms with van der Waals surface area (Å²) in [7, 11) is 1.82. The van der Waals surface area contributed by atoms with Crippen molar-refractivity contribution in [1.82, 2.24) is 29.3 Å². The van der Waals surface area contributed by atoms with Gasteiger partial charge in [0.15, 0.2) is 5.82 Å². The SMILES string of the molecule is CNc1n[nH]c2cc(-n3c(=O)c4c(n5ncc(Cc6ccccc6)c35)CN(C(=O)c3ccc(Br)c(Cl)c3)CC4)ccc12. The number of carbonyl (C=O) groups is 1. The van der Waals surface area contributed by atoms with Crippen LogP contribution in [0.5, 0.6) is 0 Å². The number of aromatic nitrogens is 5. The summed E-state index contributed by atoms with van der Waals surface area (Å²) in [5, 5.41) is 16.7. The van der Waals surface area contributed by atoms with Crippen molar-refractivity contribution in [1.29, 1.82) is 0 Å². The van der Waals surface area contributed by atoms with Crippen molar-refractivity contribution in [3.63, 3.8) is 0 Å². The molecule has 1 aliphatic heterocycles. The molecule has 0 unspecified atom stereocenters. The Balaban J connectivity index is 1.39. The van der Waals surface area contributed by atoms with Gasteiger partial charge in [0.2, 0.25) is 0 Å². The number of aromatic amines is 1. The number of halogens is 2. The Labute approximate surface area is 253 Å². The first-order chi connectivity index (χ1) is 20.4. The minimum absolute atomic E-state index is 0.112. The number of anilines is 1. The van der Waals surface area contributed by atoms with Crippen LogP contribution in [0, 0.1) is 0 Å². The maximum absolute atomic E-state index is 14.3. The lowest BCUT2D eigenvalue weighted by Gasteiger charge is -2.30. The topological polar surface area (TPSA) is 100 Å². The molecule has 9 nitrogen and oxygen atoms in total. The van der Waals surface area contributed by atoms with E-state index in [4.69, 9.17) is 16.7 Å². The standard InChI is InChI=1S/C31H25BrClN7O2/c1-34-28-22-9-8-21(15-26(22)36-37-28)39-29-20(13-18-5-3-2-4-6-18)16-35-40(29)27-17-38(12-11-23(27)31(39)42)30(41)19-7-10-24(32)25(33)14-19/h2-10,14-16H,11-13,17H2,1H3,(H2,34,36,37). The first kappa shape index (κ1) is 26.5. The van der Waals surface area contributed by atoms with E-state index in [1.807, 2.05) is 54.2 Å². The van der Waals surface area contributed by atoms with Crippen molar-refractivity contribution in [2.75, 3.05) is 18.9 Å². The Kier molecular flexibility index (Phi) is 6.59. The van der Waals surface area contributed by atoms with Crippen LogP contribution in [0.15, 0.2) is 82.2 Å². The smallest absolute Gasteiger partial charge is 0.261 e. The fraction of sp³-hybridized carbons (Fsp3) is 0.161. The molecule has 0 atom stereocenters. The average Bonchev–Trinajstić information content (AvgIpc) is 3.62. The highest BCUT2D eigenvalue weighted by atomic mass is 79.9. The van der Waals surface area contributed by atoms with Gasteiger partial charge in [-0.2, -0.15) is 10.2 Å². The zero-order chi connectivity index (χ0) is 29.0. The van der Waals surface area contributed by atoms with Crippen LogP contribution < -0.4 is 10.9 Å². The predicted octanol–water partition coefficient (Wildman–Crippen LogP) is 5.61. The Morgan fingerprint density at radius 1 is 1.12 bits per heavy atom. The van der Waals surface area contributed by atoms with Crippen molar-refractivity contribution in [2.45, 2.75) is 19.4 Å². The van der Waals surface area contributed by atoms with Crippen molar-refractivity contribution in [2.24, 2.45) is 0 Å². The molecule has 3 aromatic carbocycles. The first-order valence-corrected chi connectivity index (χ1v) is 14.7. The van der Waals surface area contributed by atoms with Gasteiger partial charge in [0, 0.05) is 46.6 Å². The molecule has 0 aliphatic carbocycles. The summed E-state index contributed by atoms with van der Waals surface area (Å²) in [6, 6.07) is 21.1. The fourth-order valence-corrected chi connectivity index (χ4v) is 6.14. The molecular formula is C31H25BrClN7O2. The van der Waals surface area contributed by atoms with Crippen molar-refractivity contribution >= 4 is 55.8 Å². The third-order valence-electron chi connectivity index (χ3n) is 7.80. The molecule has 7 rings (SSSR count). The number of benzene rings is 3. The number of carbonyl (C=O) groups excluding carboxylic acids is 1. The average molecular weight is 643 g/mol. The Bertz CT molecular complexity index is 2070. The summed E-state index contributed by atoms with van der Waals surface area (Å²) in [6.07, 6.45) is 2.82. The zero-order valence-electron chi connectivity index (χ0n) is 22.6. The van der Waals surface area contributed by atoms with Gasteiger partial charge in [0.05, 0.1) is 34.7 Å². The van der Waals surface area contributed by atoms with Crippen molar-refractivity contribution < 1.29 is 4.79 Å². The molecule has 6 aromatic rings. The number of fused-ring (bicyclic) bond motifs is 4. The molecule has 1 aliphatic rings. The molecule has 0 saturated carbocycles. The summed E-state index contributed by atoms with van der Waals surface area (Å²) in [4.78, 5) is 29.6. The molecule has 0 saturated heterocycles. The first-order valence-electron chi connectivity index (χ1n) is 13.5. The molecule has 0 radical (unpaired) electrons. The second-order valence-corrected chi connectivity index (χ2v) is 11.6. The number of rotatable bonds is 5. The normalized spacial score (nSPS) is 13.1. The minimum atomic E-state index is -0.144. The maximum Gasteiger partial charge on any atom is 0.261 e. The molecule has 1 amide bonds. The Morgan fingerprint density at radius 3 is 2.74 bits per heavy atom. The molecule has 2 N–H and O–H groups in total. The molecule has 0 bridgehead atoms. The summed E-state index contributed by atoms with van der Waals surface area (Å²) in [5.41, 5.74) is 5.97. The molecule has 0 fully saturated rings. The number of nitrogens with one attached hydrogen (secondary N) is 2. The van der Waals surface area contributed by atoms with Crippen LogP contribution in [0.4, 0.5) is 5.82 Å². The highest BCUT2D eigenvalue weighted by Crippen LogP contribution is 2.29. The van der Waals surface area contributed by atoms with Crippen LogP contribution in [-0.2, 0) is 19.4 Å². The van der Waals surface area contributed by atoms with Crippen LogP contribution in [0.2, 0.25) is 5.02 Å². The molecule has 11 heteroatoms. The third kappa shape index (κ3) is 4.38. The summed E-state index contributed by atoms with van der Waals surface area (Å²) in [6.45, 7) is 0.662. The van der Waals surface area contributed by atoms with Gasteiger partial charge in [0.25, 0.3) is 11.5 Å². The van der Waals surface area contributed by atoms with Gasteiger partial charge < -0.3 is 10.2 Å². The van der Waals surface area contributed by atoms with E-state index in [0.717, 1.165) is 32.3 Å². The second-order valence-electron chi connectivity index (χ2n) is 10.3. The summed E-state index contributed by atoms with van der Waals surface area (Å²) >= 11 is 9.67. The van der Waals surface area contributed by atoms with E-state index in [-0.39, 0.29) is 18.0 Å². The van der Waals surface area contributed by atoms with E-state index in [1.54, 1.807) is 27.7 Å². The van der Waals surface area contributed by atoms with Gasteiger partial charge in [-0.3, -0.25) is 19.3 Å². The second kappa shape index (κ2) is 10.5. The highest BCUT2D eigenvalue weighted by molar-refractivity contribution is 9.10. The van der Waals surface area contributed by atoms with Crippen molar-refractivity contribution in [3.8, 4) is 5.69 Å². The van der Waals surface area contributed by atoms with Crippen LogP contribution in [0.25, 0.3) is 22.2 Å². The van der Waals surface area contributed by atoms with Gasteiger partial charge in [0.1, 0.15) is 5.65 Å². The van der Waals surface area contributed by atoms with Gasteiger partial charge in [-0.1, -0.05) is 41.9 Å². The van der Waals surface area contributed by atoms with E-state index < -0.39 is 0 Å². The molecule has 42 heavy (non-hydrogen) atoms. The number of hydrogen-bond acceptors (Lipinski definition) is 5. The lowest BCUT2D eigenvalue weighted by atomic mass is 10.0. The Hall–Kier alpha value is -4.41. The number of nitrogens with zero attached hydrogens (tertiary/aromatic N) is 5. The maximum atomic E-state index is 14.3.